The highest BCUT2D eigenvalue weighted by Gasteiger charge is 2.09. The third-order valence-corrected chi connectivity index (χ3v) is 4.13. The number of hydrogen-bond acceptors (Lipinski definition) is 7. The minimum Gasteiger partial charge on any atom is -0.338 e. The maximum Gasteiger partial charge on any atom is 0.270 e. The van der Waals surface area contributed by atoms with E-state index in [1.54, 1.807) is 12.1 Å². The van der Waals surface area contributed by atoms with Gasteiger partial charge < -0.3 is 4.98 Å². The molecule has 10 heteroatoms. The number of hydrogen-bond donors (Lipinski definition) is 2. The number of halogens is 1. The minimum absolute atomic E-state index is 0.00229. The summed E-state index contributed by atoms with van der Waals surface area (Å²) >= 11 is 3.43. The average molecular weight is 412 g/mol. The molecule has 2 aromatic heterocycles. The van der Waals surface area contributed by atoms with E-state index in [4.69, 9.17) is 0 Å². The summed E-state index contributed by atoms with van der Waals surface area (Å²) in [5.74, 6) is 0.213. The summed E-state index contributed by atoms with van der Waals surface area (Å²) in [6, 6.07) is 11.9. The summed E-state index contributed by atoms with van der Waals surface area (Å²) in [5, 5.41) is 23.9. The maximum atomic E-state index is 10.8. The van der Waals surface area contributed by atoms with Gasteiger partial charge in [-0.25, -0.2) is 5.43 Å². The summed E-state index contributed by atoms with van der Waals surface area (Å²) in [5.41, 5.74) is 5.40. The van der Waals surface area contributed by atoms with Crippen molar-refractivity contribution in [2.75, 3.05) is 5.43 Å². The monoisotopic (exact) mass is 411 g/mol. The molecule has 0 bridgehead atoms. The predicted molar refractivity (Wildman–Crippen MR) is 101 cm³/mol. The number of rotatable bonds is 4. The molecule has 26 heavy (non-hydrogen) atoms. The third-order valence-electron chi connectivity index (χ3n) is 3.64. The van der Waals surface area contributed by atoms with Crippen LogP contribution in [0.3, 0.4) is 0 Å². The fourth-order valence-electron chi connectivity index (χ4n) is 2.47. The van der Waals surface area contributed by atoms with Crippen LogP contribution in [0.2, 0.25) is 0 Å². The van der Waals surface area contributed by atoms with Gasteiger partial charge in [0.1, 0.15) is 5.52 Å². The first-order valence-electron chi connectivity index (χ1n) is 7.45. The second-order valence-electron chi connectivity index (χ2n) is 5.37. The molecule has 0 amide bonds. The zero-order valence-corrected chi connectivity index (χ0v) is 14.6. The molecule has 0 spiro atoms. The van der Waals surface area contributed by atoms with Gasteiger partial charge in [-0.1, -0.05) is 28.1 Å². The van der Waals surface area contributed by atoms with Gasteiger partial charge in [-0.2, -0.15) is 10.1 Å². The number of nitro benzene ring substituents is 1. The van der Waals surface area contributed by atoms with Gasteiger partial charge in [0.25, 0.3) is 11.6 Å². The van der Waals surface area contributed by atoms with E-state index < -0.39 is 4.92 Å². The molecule has 2 N–H and O–H groups in total. The van der Waals surface area contributed by atoms with Crippen LogP contribution in [0.4, 0.5) is 11.6 Å². The van der Waals surface area contributed by atoms with Gasteiger partial charge >= 0.3 is 0 Å². The Morgan fingerprint density at radius 1 is 1.23 bits per heavy atom. The molecular formula is C16H10BrN7O2. The number of H-pyrrole nitrogens is 1. The van der Waals surface area contributed by atoms with Gasteiger partial charge in [0.2, 0.25) is 0 Å². The van der Waals surface area contributed by atoms with Crippen molar-refractivity contribution in [3.63, 3.8) is 0 Å². The summed E-state index contributed by atoms with van der Waals surface area (Å²) in [7, 11) is 0. The molecule has 0 unspecified atom stereocenters. The van der Waals surface area contributed by atoms with Gasteiger partial charge in [-0.05, 0) is 18.2 Å². The Balaban J connectivity index is 1.58. The van der Waals surface area contributed by atoms with Gasteiger partial charge in [-0.3, -0.25) is 10.1 Å². The molecule has 0 saturated heterocycles. The first-order chi connectivity index (χ1) is 12.6. The third kappa shape index (κ3) is 3.09. The lowest BCUT2D eigenvalue weighted by atomic mass is 10.2. The smallest absolute Gasteiger partial charge is 0.270 e. The molecular weight excluding hydrogens is 402 g/mol. The normalized spacial score (nSPS) is 11.4. The fraction of sp³-hybridized carbons (Fsp3) is 0. The lowest BCUT2D eigenvalue weighted by Gasteiger charge is -1.97. The van der Waals surface area contributed by atoms with Gasteiger partial charge in [0.15, 0.2) is 5.65 Å². The van der Waals surface area contributed by atoms with Crippen LogP contribution >= 0.6 is 15.9 Å². The van der Waals surface area contributed by atoms with Crippen LogP contribution in [0, 0.1) is 10.1 Å². The largest absolute Gasteiger partial charge is 0.338 e. The molecule has 128 valence electrons. The zero-order chi connectivity index (χ0) is 18.1. The highest BCUT2D eigenvalue weighted by atomic mass is 79.9. The zero-order valence-electron chi connectivity index (χ0n) is 13.0. The van der Waals surface area contributed by atoms with Crippen LogP contribution in [0.1, 0.15) is 5.56 Å². The highest BCUT2D eigenvalue weighted by molar-refractivity contribution is 9.10. The number of aromatic nitrogens is 4. The Morgan fingerprint density at radius 3 is 2.96 bits per heavy atom. The molecule has 2 heterocycles. The summed E-state index contributed by atoms with van der Waals surface area (Å²) in [6.45, 7) is 0. The average Bonchev–Trinajstić information content (AvgIpc) is 2.99. The Morgan fingerprint density at radius 2 is 2.12 bits per heavy atom. The van der Waals surface area contributed by atoms with E-state index in [0.717, 1.165) is 15.4 Å². The van der Waals surface area contributed by atoms with Crippen LogP contribution in [0.5, 0.6) is 0 Å². The number of nitro groups is 1. The summed E-state index contributed by atoms with van der Waals surface area (Å²) in [6.07, 6.45) is 1.45. The molecule has 0 aliphatic heterocycles. The Labute approximate surface area is 154 Å². The van der Waals surface area contributed by atoms with Gasteiger partial charge in [0.05, 0.1) is 11.1 Å². The Bertz CT molecular complexity index is 1170. The lowest BCUT2D eigenvalue weighted by molar-refractivity contribution is -0.384. The SMILES string of the molecule is O=[N+]([O-])c1cccc(/C=N/Nc2nnc3c(n2)[nH]c2ccc(Br)cc23)c1. The van der Waals surface area contributed by atoms with Crippen molar-refractivity contribution in [2.24, 2.45) is 5.10 Å². The number of nitrogens with one attached hydrogen (secondary N) is 2. The number of aromatic amines is 1. The molecule has 0 saturated carbocycles. The summed E-state index contributed by atoms with van der Waals surface area (Å²) < 4.78 is 0.941. The van der Waals surface area contributed by atoms with E-state index >= 15 is 0 Å². The molecule has 0 aliphatic rings. The number of nitrogens with zero attached hydrogens (tertiary/aromatic N) is 5. The van der Waals surface area contributed by atoms with Crippen LogP contribution in [0.25, 0.3) is 22.1 Å². The highest BCUT2D eigenvalue weighted by Crippen LogP contribution is 2.25. The molecule has 4 rings (SSSR count). The van der Waals surface area contributed by atoms with E-state index in [1.165, 1.54) is 18.3 Å². The molecule has 2 aromatic carbocycles. The molecule has 0 radical (unpaired) electrons. The maximum absolute atomic E-state index is 10.8. The Kier molecular flexibility index (Phi) is 4.01. The predicted octanol–water partition coefficient (Wildman–Crippen LogP) is 3.62. The fourth-order valence-corrected chi connectivity index (χ4v) is 2.84. The molecule has 0 aliphatic carbocycles. The van der Waals surface area contributed by atoms with Crippen molar-refractivity contribution in [1.29, 1.82) is 0 Å². The van der Waals surface area contributed by atoms with Crippen LogP contribution in [0.15, 0.2) is 52.0 Å². The number of hydrazone groups is 1. The van der Waals surface area contributed by atoms with Crippen molar-refractivity contribution in [2.45, 2.75) is 0 Å². The van der Waals surface area contributed by atoms with E-state index in [9.17, 15) is 10.1 Å². The van der Waals surface area contributed by atoms with E-state index in [2.05, 4.69) is 46.6 Å². The molecule has 4 aromatic rings. The van der Waals surface area contributed by atoms with Crippen molar-refractivity contribution < 1.29 is 4.92 Å². The molecule has 0 atom stereocenters. The number of fused-ring (bicyclic) bond motifs is 3. The number of benzene rings is 2. The number of non-ortho nitro benzene ring substituents is 1. The molecule has 0 fully saturated rings. The van der Waals surface area contributed by atoms with Crippen molar-refractivity contribution in [3.8, 4) is 0 Å². The minimum atomic E-state index is -0.458. The van der Waals surface area contributed by atoms with Gasteiger partial charge in [0, 0.05) is 33.1 Å². The topological polar surface area (TPSA) is 122 Å². The Hall–Kier alpha value is -3.40. The van der Waals surface area contributed by atoms with Crippen LogP contribution in [-0.2, 0) is 0 Å². The number of anilines is 1. The quantitative estimate of drug-likeness (QED) is 0.300. The second kappa shape index (κ2) is 6.48. The van der Waals surface area contributed by atoms with Gasteiger partial charge in [-0.15, -0.1) is 10.2 Å². The standard InChI is InChI=1S/C16H10BrN7O2/c17-10-4-5-13-12(7-10)14-15(19-13)20-16(23-21-14)22-18-8-9-2-1-3-11(6-9)24(25)26/h1-8H,(H2,19,20,22,23)/b18-8+. The van der Waals surface area contributed by atoms with E-state index in [-0.39, 0.29) is 11.6 Å². The summed E-state index contributed by atoms with van der Waals surface area (Å²) in [4.78, 5) is 17.8. The first kappa shape index (κ1) is 16.1. The van der Waals surface area contributed by atoms with Crippen molar-refractivity contribution in [3.05, 3.63) is 62.6 Å². The lowest BCUT2D eigenvalue weighted by Crippen LogP contribution is -1.99. The van der Waals surface area contributed by atoms with Crippen LogP contribution < -0.4 is 5.43 Å². The second-order valence-corrected chi connectivity index (χ2v) is 6.29. The molecule has 9 nitrogen and oxygen atoms in total. The van der Waals surface area contributed by atoms with Crippen molar-refractivity contribution in [1.82, 2.24) is 20.2 Å². The van der Waals surface area contributed by atoms with Crippen LogP contribution in [-0.4, -0.2) is 31.3 Å². The first-order valence-corrected chi connectivity index (χ1v) is 8.25. The van der Waals surface area contributed by atoms with E-state index in [1.807, 2.05) is 18.2 Å². The van der Waals surface area contributed by atoms with E-state index in [0.29, 0.717) is 16.7 Å². The van der Waals surface area contributed by atoms with Crippen molar-refractivity contribution >= 4 is 55.8 Å².